The van der Waals surface area contributed by atoms with Crippen molar-refractivity contribution in [1.82, 2.24) is 4.98 Å². The van der Waals surface area contributed by atoms with Crippen LogP contribution >= 0.6 is 11.3 Å². The minimum atomic E-state index is -1.18. The van der Waals surface area contributed by atoms with Crippen LogP contribution in [0.4, 0.5) is 9.52 Å². The number of Topliss-reactive ketones (excluding diaryl/α,β-unsaturated/α-hetero) is 1. The Morgan fingerprint density at radius 3 is 2.57 bits per heavy atom. The molecule has 1 aliphatic rings. The van der Waals surface area contributed by atoms with Gasteiger partial charge in [0.25, 0.3) is 5.78 Å². The number of methoxy groups -OCH3 is 1. The van der Waals surface area contributed by atoms with Crippen LogP contribution in [0, 0.1) is 19.7 Å². The van der Waals surface area contributed by atoms with Crippen molar-refractivity contribution in [3.05, 3.63) is 94.3 Å². The van der Waals surface area contributed by atoms with E-state index in [1.807, 2.05) is 25.1 Å². The molecule has 1 atom stereocenters. The molecular weight excluding hydrogens is 467 g/mol. The highest BCUT2D eigenvalue weighted by molar-refractivity contribution is 7.22. The zero-order valence-corrected chi connectivity index (χ0v) is 20.0. The number of rotatable bonds is 4. The summed E-state index contributed by atoms with van der Waals surface area (Å²) in [5, 5.41) is 11.5. The molecule has 0 radical (unpaired) electrons. The SMILES string of the molecule is COc1ccc(/C(O)=C2\C(=O)C(=O)N(c3nc4ccc(C)cc4s3)C2c2ccccc2F)cc1C. The number of aliphatic hydroxyl groups excluding tert-OH is 1. The standard InChI is InChI=1S/C27H21FN2O4S/c1-14-8-10-19-21(12-14)35-27(29-19)30-23(17-6-4-5-7-18(17)28)22(25(32)26(30)33)24(31)16-9-11-20(34-3)15(2)13-16/h4-13,23,31H,1-3H3/b24-22+. The average molecular weight is 489 g/mol. The molecule has 35 heavy (non-hydrogen) atoms. The molecule has 8 heteroatoms. The summed E-state index contributed by atoms with van der Waals surface area (Å²) in [6.07, 6.45) is 0. The van der Waals surface area contributed by atoms with Gasteiger partial charge in [0.05, 0.1) is 22.9 Å². The number of ketones is 1. The topological polar surface area (TPSA) is 79.7 Å². The maximum Gasteiger partial charge on any atom is 0.301 e. The van der Waals surface area contributed by atoms with Crippen molar-refractivity contribution < 1.29 is 23.8 Å². The molecule has 0 spiro atoms. The van der Waals surface area contributed by atoms with Crippen LogP contribution in [-0.2, 0) is 9.59 Å². The van der Waals surface area contributed by atoms with Gasteiger partial charge in [0.15, 0.2) is 5.13 Å². The van der Waals surface area contributed by atoms with Crippen LogP contribution in [0.15, 0.2) is 66.2 Å². The van der Waals surface area contributed by atoms with E-state index in [1.165, 1.54) is 41.5 Å². The number of carbonyl (C=O) groups excluding carboxylic acids is 2. The van der Waals surface area contributed by atoms with Crippen LogP contribution in [0.5, 0.6) is 5.75 Å². The minimum Gasteiger partial charge on any atom is -0.507 e. The summed E-state index contributed by atoms with van der Waals surface area (Å²) in [6, 6.07) is 15.3. The van der Waals surface area contributed by atoms with Crippen molar-refractivity contribution in [1.29, 1.82) is 0 Å². The molecule has 0 aliphatic carbocycles. The monoisotopic (exact) mass is 488 g/mol. The summed E-state index contributed by atoms with van der Waals surface area (Å²) in [7, 11) is 1.53. The number of fused-ring (bicyclic) bond motifs is 1. The second-order valence-corrected chi connectivity index (χ2v) is 9.35. The Morgan fingerprint density at radius 2 is 1.86 bits per heavy atom. The normalized spacial score (nSPS) is 17.4. The highest BCUT2D eigenvalue weighted by atomic mass is 32.1. The molecule has 5 rings (SSSR count). The van der Waals surface area contributed by atoms with Crippen molar-refractivity contribution >= 4 is 44.1 Å². The van der Waals surface area contributed by atoms with Gasteiger partial charge in [-0.3, -0.25) is 14.5 Å². The summed E-state index contributed by atoms with van der Waals surface area (Å²) in [4.78, 5) is 32.4. The van der Waals surface area contributed by atoms with E-state index >= 15 is 4.39 Å². The second kappa shape index (κ2) is 8.63. The molecule has 0 bridgehead atoms. The van der Waals surface area contributed by atoms with E-state index in [1.54, 1.807) is 31.2 Å². The molecule has 1 saturated heterocycles. The molecule has 3 aromatic carbocycles. The maximum atomic E-state index is 15.1. The summed E-state index contributed by atoms with van der Waals surface area (Å²) in [6.45, 7) is 3.74. The van der Waals surface area contributed by atoms with Crippen LogP contribution in [0.1, 0.15) is 28.3 Å². The Balaban J connectivity index is 1.74. The lowest BCUT2D eigenvalue weighted by atomic mass is 9.94. The first-order valence-electron chi connectivity index (χ1n) is 10.9. The molecule has 0 saturated carbocycles. The van der Waals surface area contributed by atoms with E-state index in [0.29, 0.717) is 16.8 Å². The molecular formula is C27H21FN2O4S. The van der Waals surface area contributed by atoms with Crippen LogP contribution in [-0.4, -0.2) is 28.9 Å². The Hall–Kier alpha value is -4.04. The number of halogens is 1. The lowest BCUT2D eigenvalue weighted by molar-refractivity contribution is -0.132. The zero-order chi connectivity index (χ0) is 24.9. The summed E-state index contributed by atoms with van der Waals surface area (Å²) in [5.41, 5.74) is 2.64. The third-order valence-electron chi connectivity index (χ3n) is 6.05. The summed E-state index contributed by atoms with van der Waals surface area (Å²) >= 11 is 1.23. The van der Waals surface area contributed by atoms with E-state index in [0.717, 1.165) is 15.8 Å². The zero-order valence-electron chi connectivity index (χ0n) is 19.2. The number of nitrogens with zero attached hydrogens (tertiary/aromatic N) is 2. The molecule has 176 valence electrons. The predicted octanol–water partition coefficient (Wildman–Crippen LogP) is 5.69. The number of anilines is 1. The van der Waals surface area contributed by atoms with Crippen molar-refractivity contribution in [3.8, 4) is 5.75 Å². The van der Waals surface area contributed by atoms with Gasteiger partial charge in [-0.05, 0) is 61.4 Å². The number of amides is 1. The first-order chi connectivity index (χ1) is 16.8. The Kier molecular flexibility index (Phi) is 5.61. The van der Waals surface area contributed by atoms with E-state index in [9.17, 15) is 14.7 Å². The van der Waals surface area contributed by atoms with Gasteiger partial charge < -0.3 is 9.84 Å². The highest BCUT2D eigenvalue weighted by Crippen LogP contribution is 2.45. The van der Waals surface area contributed by atoms with Crippen molar-refractivity contribution in [2.45, 2.75) is 19.9 Å². The van der Waals surface area contributed by atoms with Crippen LogP contribution in [0.2, 0.25) is 0 Å². The number of carbonyl (C=O) groups is 2. The third-order valence-corrected chi connectivity index (χ3v) is 7.07. The largest absolute Gasteiger partial charge is 0.507 e. The van der Waals surface area contributed by atoms with Gasteiger partial charge in [-0.25, -0.2) is 9.37 Å². The number of aliphatic hydroxyl groups is 1. The minimum absolute atomic E-state index is 0.0916. The lowest BCUT2D eigenvalue weighted by Crippen LogP contribution is -2.29. The number of ether oxygens (including phenoxy) is 1. The van der Waals surface area contributed by atoms with E-state index < -0.39 is 23.5 Å². The lowest BCUT2D eigenvalue weighted by Gasteiger charge is -2.23. The molecule has 1 aromatic heterocycles. The highest BCUT2D eigenvalue weighted by Gasteiger charge is 2.49. The van der Waals surface area contributed by atoms with Gasteiger partial charge >= 0.3 is 5.91 Å². The Labute approximate surface area is 204 Å². The molecule has 1 aliphatic heterocycles. The first kappa shape index (κ1) is 22.7. The molecule has 1 fully saturated rings. The number of hydrogen-bond donors (Lipinski definition) is 1. The van der Waals surface area contributed by atoms with Crippen LogP contribution in [0.25, 0.3) is 16.0 Å². The van der Waals surface area contributed by atoms with Crippen LogP contribution in [0.3, 0.4) is 0 Å². The number of aromatic nitrogens is 1. The molecule has 1 unspecified atom stereocenters. The van der Waals surface area contributed by atoms with Gasteiger partial charge in [0.2, 0.25) is 0 Å². The third kappa shape index (κ3) is 3.76. The fourth-order valence-electron chi connectivity index (χ4n) is 4.32. The average Bonchev–Trinajstić information content (AvgIpc) is 3.36. The number of hydrogen-bond acceptors (Lipinski definition) is 6. The maximum absolute atomic E-state index is 15.1. The van der Waals surface area contributed by atoms with E-state index in [4.69, 9.17) is 4.74 Å². The van der Waals surface area contributed by atoms with Gasteiger partial charge in [0.1, 0.15) is 23.4 Å². The first-order valence-corrected chi connectivity index (χ1v) is 11.7. The Bertz CT molecular complexity index is 1540. The quantitative estimate of drug-likeness (QED) is 0.227. The number of benzene rings is 3. The molecule has 6 nitrogen and oxygen atoms in total. The van der Waals surface area contributed by atoms with Gasteiger partial charge in [-0.2, -0.15) is 0 Å². The Morgan fingerprint density at radius 1 is 1.09 bits per heavy atom. The van der Waals surface area contributed by atoms with Gasteiger partial charge in [-0.15, -0.1) is 0 Å². The fraction of sp³-hybridized carbons (Fsp3) is 0.148. The molecule has 4 aromatic rings. The van der Waals surface area contributed by atoms with Gasteiger partial charge in [0, 0.05) is 11.1 Å². The van der Waals surface area contributed by atoms with Crippen LogP contribution < -0.4 is 9.64 Å². The number of aryl methyl sites for hydroxylation is 2. The van der Waals surface area contributed by atoms with Crippen molar-refractivity contribution in [2.24, 2.45) is 0 Å². The van der Waals surface area contributed by atoms with Gasteiger partial charge in [-0.1, -0.05) is 35.6 Å². The smallest absolute Gasteiger partial charge is 0.301 e. The van der Waals surface area contributed by atoms with Crippen molar-refractivity contribution in [2.75, 3.05) is 12.0 Å². The molecule has 1 N–H and O–H groups in total. The fourth-order valence-corrected chi connectivity index (χ4v) is 5.42. The van der Waals surface area contributed by atoms with E-state index in [-0.39, 0.29) is 22.0 Å². The molecule has 1 amide bonds. The summed E-state index contributed by atoms with van der Waals surface area (Å²) in [5.74, 6) is -2.15. The summed E-state index contributed by atoms with van der Waals surface area (Å²) < 4.78 is 21.2. The molecule has 2 heterocycles. The predicted molar refractivity (Wildman–Crippen MR) is 133 cm³/mol. The van der Waals surface area contributed by atoms with E-state index in [2.05, 4.69) is 4.98 Å². The van der Waals surface area contributed by atoms with Crippen molar-refractivity contribution in [3.63, 3.8) is 0 Å². The number of thiazole rings is 1. The second-order valence-electron chi connectivity index (χ2n) is 8.34.